The van der Waals surface area contributed by atoms with Crippen LogP contribution in [0.2, 0.25) is 0 Å². The van der Waals surface area contributed by atoms with Gasteiger partial charge in [0.2, 0.25) is 0 Å². The molecule has 0 saturated carbocycles. The molecule has 0 N–H and O–H groups in total. The molecule has 0 amide bonds. The topological polar surface area (TPSA) is 69.7 Å². The molecule has 1 aromatic rings. The van der Waals surface area contributed by atoms with Gasteiger partial charge in [0.15, 0.2) is 15.6 Å². The molecule has 0 heterocycles. The van der Waals surface area contributed by atoms with Crippen molar-refractivity contribution in [3.8, 4) is 5.75 Å². The van der Waals surface area contributed by atoms with Gasteiger partial charge in [0.1, 0.15) is 5.75 Å². The molecule has 1 rings (SSSR count). The van der Waals surface area contributed by atoms with Crippen LogP contribution in [-0.4, -0.2) is 33.4 Å². The van der Waals surface area contributed by atoms with Gasteiger partial charge in [-0.3, -0.25) is 4.79 Å². The van der Waals surface area contributed by atoms with E-state index in [0.717, 1.165) is 12.8 Å². The monoisotopic (exact) mass is 328 g/mol. The molecule has 6 heteroatoms. The lowest BCUT2D eigenvalue weighted by molar-refractivity contribution is -0.139. The third-order valence-electron chi connectivity index (χ3n) is 3.44. The normalized spacial score (nSPS) is 11.5. The van der Waals surface area contributed by atoms with Gasteiger partial charge in [-0.1, -0.05) is 26.7 Å². The number of esters is 1. The van der Waals surface area contributed by atoms with Crippen LogP contribution in [0.25, 0.3) is 0 Å². The van der Waals surface area contributed by atoms with Gasteiger partial charge in [0, 0.05) is 0 Å². The maximum Gasteiger partial charge on any atom is 0.321 e. The molecule has 5 nitrogen and oxygen atoms in total. The zero-order chi connectivity index (χ0) is 16.6. The lowest BCUT2D eigenvalue weighted by atomic mass is 10.1. The van der Waals surface area contributed by atoms with Gasteiger partial charge in [0.25, 0.3) is 0 Å². The minimum atomic E-state index is -3.67. The minimum absolute atomic E-state index is 0.0930. The van der Waals surface area contributed by atoms with Crippen molar-refractivity contribution in [2.75, 3.05) is 19.0 Å². The molecule has 22 heavy (non-hydrogen) atoms. The first kappa shape index (κ1) is 18.5. The fourth-order valence-corrected chi connectivity index (χ4v) is 3.03. The molecule has 1 aromatic carbocycles. The van der Waals surface area contributed by atoms with Gasteiger partial charge in [-0.15, -0.1) is 0 Å². The Balaban J connectivity index is 2.69. The Kier molecular flexibility index (Phi) is 7.38. The predicted octanol–water partition coefficient (Wildman–Crippen LogP) is 2.84. The second kappa shape index (κ2) is 8.78. The standard InChI is InChI=1S/C16H24O5S/c1-4-13(5-2)11-21-14-7-9-15(10-8-14)22(18,19)12-16(17)20-6-3/h7-10,13H,4-6,11-12H2,1-3H3. The van der Waals surface area contributed by atoms with Crippen LogP contribution in [0.3, 0.4) is 0 Å². The third kappa shape index (κ3) is 5.67. The maximum absolute atomic E-state index is 12.0. The Morgan fingerprint density at radius 1 is 1.09 bits per heavy atom. The van der Waals surface area contributed by atoms with E-state index in [2.05, 4.69) is 18.6 Å². The van der Waals surface area contributed by atoms with Crippen molar-refractivity contribution in [2.45, 2.75) is 38.5 Å². The zero-order valence-electron chi connectivity index (χ0n) is 13.4. The summed E-state index contributed by atoms with van der Waals surface area (Å²) in [6, 6.07) is 6.13. The van der Waals surface area contributed by atoms with Crippen LogP contribution < -0.4 is 4.74 Å². The highest BCUT2D eigenvalue weighted by atomic mass is 32.2. The average Bonchev–Trinajstić information content (AvgIpc) is 2.48. The van der Waals surface area contributed by atoms with Crippen LogP contribution >= 0.6 is 0 Å². The second-order valence-electron chi connectivity index (χ2n) is 5.03. The van der Waals surface area contributed by atoms with Crippen molar-refractivity contribution in [3.05, 3.63) is 24.3 Å². The van der Waals surface area contributed by atoms with Crippen molar-refractivity contribution in [1.82, 2.24) is 0 Å². The summed E-state index contributed by atoms with van der Waals surface area (Å²) in [5.74, 6) is -0.264. The van der Waals surface area contributed by atoms with Crippen molar-refractivity contribution in [2.24, 2.45) is 5.92 Å². The Morgan fingerprint density at radius 3 is 2.18 bits per heavy atom. The smallest absolute Gasteiger partial charge is 0.321 e. The molecule has 0 aromatic heterocycles. The molecular weight excluding hydrogens is 304 g/mol. The third-order valence-corrected chi connectivity index (χ3v) is 5.04. The summed E-state index contributed by atoms with van der Waals surface area (Å²) in [4.78, 5) is 11.4. The van der Waals surface area contributed by atoms with Crippen molar-refractivity contribution < 1.29 is 22.7 Å². The van der Waals surface area contributed by atoms with E-state index >= 15 is 0 Å². The first-order chi connectivity index (χ1) is 10.4. The largest absolute Gasteiger partial charge is 0.493 e. The van der Waals surface area contributed by atoms with E-state index in [9.17, 15) is 13.2 Å². The molecular formula is C16H24O5S. The predicted molar refractivity (Wildman–Crippen MR) is 84.7 cm³/mol. The molecule has 0 bridgehead atoms. The van der Waals surface area contributed by atoms with Crippen molar-refractivity contribution >= 4 is 15.8 Å². The first-order valence-corrected chi connectivity index (χ1v) is 9.19. The van der Waals surface area contributed by atoms with Crippen LogP contribution in [0, 0.1) is 5.92 Å². The van der Waals surface area contributed by atoms with E-state index in [1.165, 1.54) is 12.1 Å². The SMILES string of the molecule is CCOC(=O)CS(=O)(=O)c1ccc(OCC(CC)CC)cc1. The minimum Gasteiger partial charge on any atom is -0.493 e. The van der Waals surface area contributed by atoms with E-state index in [4.69, 9.17) is 4.74 Å². The summed E-state index contributed by atoms with van der Waals surface area (Å²) in [5.41, 5.74) is 0. The van der Waals surface area contributed by atoms with Gasteiger partial charge in [-0.2, -0.15) is 0 Å². The number of ether oxygens (including phenoxy) is 2. The van der Waals surface area contributed by atoms with Gasteiger partial charge >= 0.3 is 5.97 Å². The van der Waals surface area contributed by atoms with Crippen molar-refractivity contribution in [1.29, 1.82) is 0 Å². The van der Waals surface area contributed by atoms with E-state index in [1.807, 2.05) is 0 Å². The van der Waals surface area contributed by atoms with E-state index in [1.54, 1.807) is 19.1 Å². The van der Waals surface area contributed by atoms with Gasteiger partial charge in [0.05, 0.1) is 18.1 Å². The number of carbonyl (C=O) groups is 1. The highest BCUT2D eigenvalue weighted by molar-refractivity contribution is 7.92. The number of sulfone groups is 1. The van der Waals surface area contributed by atoms with Gasteiger partial charge < -0.3 is 9.47 Å². The number of rotatable bonds is 9. The molecule has 0 saturated heterocycles. The number of carbonyl (C=O) groups excluding carboxylic acids is 1. The molecule has 0 unspecified atom stereocenters. The van der Waals surface area contributed by atoms with E-state index < -0.39 is 21.6 Å². The Hall–Kier alpha value is -1.56. The summed E-state index contributed by atoms with van der Waals surface area (Å²) < 4.78 is 34.4. The molecule has 0 aliphatic carbocycles. The molecule has 0 aliphatic heterocycles. The number of hydrogen-bond donors (Lipinski definition) is 0. The summed E-state index contributed by atoms with van der Waals surface area (Å²) in [6.07, 6.45) is 2.09. The highest BCUT2D eigenvalue weighted by Crippen LogP contribution is 2.19. The summed E-state index contributed by atoms with van der Waals surface area (Å²) >= 11 is 0. The summed E-state index contributed by atoms with van der Waals surface area (Å²) in [6.45, 7) is 6.64. The maximum atomic E-state index is 12.0. The van der Waals surface area contributed by atoms with Crippen LogP contribution in [0.4, 0.5) is 0 Å². The first-order valence-electron chi connectivity index (χ1n) is 7.54. The Morgan fingerprint density at radius 2 is 1.68 bits per heavy atom. The van der Waals surface area contributed by atoms with Crippen LogP contribution in [-0.2, 0) is 19.4 Å². The second-order valence-corrected chi connectivity index (χ2v) is 7.02. The zero-order valence-corrected chi connectivity index (χ0v) is 14.2. The lowest BCUT2D eigenvalue weighted by Crippen LogP contribution is -2.18. The summed E-state index contributed by atoms with van der Waals surface area (Å²) in [5, 5.41) is 0. The lowest BCUT2D eigenvalue weighted by Gasteiger charge is -2.14. The highest BCUT2D eigenvalue weighted by Gasteiger charge is 2.20. The molecule has 0 radical (unpaired) electrons. The fraction of sp³-hybridized carbons (Fsp3) is 0.562. The quantitative estimate of drug-likeness (QED) is 0.652. The molecule has 0 spiro atoms. The average molecular weight is 328 g/mol. The Labute approximate surface area is 132 Å². The van der Waals surface area contributed by atoms with Gasteiger partial charge in [-0.25, -0.2) is 8.42 Å². The number of benzene rings is 1. The molecule has 0 fully saturated rings. The van der Waals surface area contributed by atoms with Crippen LogP contribution in [0.5, 0.6) is 5.75 Å². The van der Waals surface area contributed by atoms with Crippen LogP contribution in [0.1, 0.15) is 33.6 Å². The van der Waals surface area contributed by atoms with Crippen LogP contribution in [0.15, 0.2) is 29.2 Å². The number of hydrogen-bond acceptors (Lipinski definition) is 5. The summed E-state index contributed by atoms with van der Waals surface area (Å²) in [7, 11) is -3.67. The van der Waals surface area contributed by atoms with E-state index in [0.29, 0.717) is 18.3 Å². The van der Waals surface area contributed by atoms with Crippen molar-refractivity contribution in [3.63, 3.8) is 0 Å². The molecule has 124 valence electrons. The molecule has 0 atom stereocenters. The molecule has 0 aliphatic rings. The Bertz CT molecular complexity index is 559. The fourth-order valence-electron chi connectivity index (χ4n) is 1.92. The van der Waals surface area contributed by atoms with E-state index in [-0.39, 0.29) is 11.5 Å². The van der Waals surface area contributed by atoms with Gasteiger partial charge in [-0.05, 0) is 37.1 Å².